The van der Waals surface area contributed by atoms with Gasteiger partial charge in [-0.3, -0.25) is 0 Å². The van der Waals surface area contributed by atoms with Crippen molar-refractivity contribution in [3.8, 4) is 5.95 Å². The molecule has 15 heavy (non-hydrogen) atoms. The van der Waals surface area contributed by atoms with Gasteiger partial charge in [0, 0.05) is 11.9 Å². The normalized spacial score (nSPS) is 10.7. The van der Waals surface area contributed by atoms with Gasteiger partial charge in [0.1, 0.15) is 0 Å². The summed E-state index contributed by atoms with van der Waals surface area (Å²) < 4.78 is 2.75. The van der Waals surface area contributed by atoms with Crippen LogP contribution in [0.15, 0.2) is 16.7 Å². The lowest BCUT2D eigenvalue weighted by Gasteiger charge is -2.02. The molecular weight excluding hydrogens is 256 g/mol. The van der Waals surface area contributed by atoms with Crippen LogP contribution in [0.1, 0.15) is 17.1 Å². The summed E-state index contributed by atoms with van der Waals surface area (Å²) in [4.78, 5) is 8.52. The van der Waals surface area contributed by atoms with Crippen molar-refractivity contribution < 1.29 is 0 Å². The lowest BCUT2D eigenvalue weighted by atomic mass is 10.4. The Morgan fingerprint density at radius 1 is 1.27 bits per heavy atom. The third-order valence-electron chi connectivity index (χ3n) is 2.17. The second-order valence-corrected chi connectivity index (χ2v) is 4.19. The van der Waals surface area contributed by atoms with Gasteiger partial charge < -0.3 is 0 Å². The molecule has 0 unspecified atom stereocenters. The molecule has 0 atom stereocenters. The number of halogens is 1. The summed E-state index contributed by atoms with van der Waals surface area (Å²) in [5.41, 5.74) is 2.89. The predicted molar refractivity (Wildman–Crippen MR) is 61.1 cm³/mol. The van der Waals surface area contributed by atoms with Gasteiger partial charge >= 0.3 is 0 Å². The first-order chi connectivity index (χ1) is 7.09. The van der Waals surface area contributed by atoms with E-state index in [9.17, 15) is 0 Å². The highest BCUT2D eigenvalue weighted by molar-refractivity contribution is 9.10. The molecule has 0 amide bonds. The Balaban J connectivity index is 2.59. The molecule has 0 saturated heterocycles. The van der Waals surface area contributed by atoms with Crippen LogP contribution in [0.25, 0.3) is 5.95 Å². The van der Waals surface area contributed by atoms with E-state index in [1.165, 1.54) is 0 Å². The third-order valence-corrected chi connectivity index (χ3v) is 3.32. The number of aryl methyl sites for hydroxylation is 2. The quantitative estimate of drug-likeness (QED) is 0.796. The molecule has 0 fully saturated rings. The van der Waals surface area contributed by atoms with Gasteiger partial charge in [0.25, 0.3) is 5.95 Å². The lowest BCUT2D eigenvalue weighted by Crippen LogP contribution is -2.05. The molecule has 0 aromatic carbocycles. The standard InChI is InChI=1S/C10H11BrN4/c1-6-4-5-12-10(13-6)15-8(3)9(11)7(2)14-15/h4-5H,1-3H3. The second-order valence-electron chi connectivity index (χ2n) is 3.39. The first kappa shape index (κ1) is 10.3. The van der Waals surface area contributed by atoms with E-state index in [2.05, 4.69) is 31.0 Å². The van der Waals surface area contributed by atoms with Crippen LogP contribution in [-0.4, -0.2) is 19.7 Å². The summed E-state index contributed by atoms with van der Waals surface area (Å²) in [5.74, 6) is 0.612. The first-order valence-corrected chi connectivity index (χ1v) is 5.40. The fourth-order valence-electron chi connectivity index (χ4n) is 1.36. The number of hydrogen-bond donors (Lipinski definition) is 0. The van der Waals surface area contributed by atoms with Gasteiger partial charge in [0.15, 0.2) is 0 Å². The molecule has 0 aliphatic rings. The molecule has 2 aromatic heterocycles. The molecule has 0 radical (unpaired) electrons. The van der Waals surface area contributed by atoms with Gasteiger partial charge in [0.05, 0.1) is 15.9 Å². The zero-order valence-corrected chi connectivity index (χ0v) is 10.4. The highest BCUT2D eigenvalue weighted by Gasteiger charge is 2.11. The molecule has 5 heteroatoms. The lowest BCUT2D eigenvalue weighted by molar-refractivity contribution is 0.768. The van der Waals surface area contributed by atoms with Crippen molar-refractivity contribution in [2.24, 2.45) is 0 Å². The molecule has 2 heterocycles. The van der Waals surface area contributed by atoms with E-state index < -0.39 is 0 Å². The Labute approximate surface area is 96.5 Å². The minimum absolute atomic E-state index is 0.612. The van der Waals surface area contributed by atoms with E-state index in [0.29, 0.717) is 5.95 Å². The second kappa shape index (κ2) is 3.73. The van der Waals surface area contributed by atoms with Crippen LogP contribution in [0.2, 0.25) is 0 Å². The van der Waals surface area contributed by atoms with Gasteiger partial charge in [0.2, 0.25) is 0 Å². The number of nitrogens with zero attached hydrogens (tertiary/aromatic N) is 4. The van der Waals surface area contributed by atoms with Gasteiger partial charge in [-0.25, -0.2) is 14.6 Å². The smallest absolute Gasteiger partial charge is 0.220 e. The molecule has 4 nitrogen and oxygen atoms in total. The summed E-state index contributed by atoms with van der Waals surface area (Å²) >= 11 is 3.48. The van der Waals surface area contributed by atoms with E-state index in [1.54, 1.807) is 10.9 Å². The summed E-state index contributed by atoms with van der Waals surface area (Å²) in [6.07, 6.45) is 1.74. The molecule has 0 aliphatic carbocycles. The molecule has 2 aromatic rings. The fourth-order valence-corrected chi connectivity index (χ4v) is 1.60. The van der Waals surface area contributed by atoms with E-state index in [4.69, 9.17) is 0 Å². The highest BCUT2D eigenvalue weighted by atomic mass is 79.9. The van der Waals surface area contributed by atoms with Crippen LogP contribution in [0, 0.1) is 20.8 Å². The first-order valence-electron chi connectivity index (χ1n) is 4.61. The monoisotopic (exact) mass is 266 g/mol. The maximum atomic E-state index is 4.37. The summed E-state index contributed by atoms with van der Waals surface area (Å²) in [6, 6.07) is 1.87. The average Bonchev–Trinajstić information content (AvgIpc) is 2.46. The summed E-state index contributed by atoms with van der Waals surface area (Å²) in [7, 11) is 0. The van der Waals surface area contributed by atoms with Gasteiger partial charge in [-0.1, -0.05) is 0 Å². The molecule has 0 N–H and O–H groups in total. The maximum Gasteiger partial charge on any atom is 0.250 e. The van der Waals surface area contributed by atoms with Crippen LogP contribution in [0.3, 0.4) is 0 Å². The Bertz CT molecular complexity index is 504. The largest absolute Gasteiger partial charge is 0.250 e. The van der Waals surface area contributed by atoms with Crippen molar-refractivity contribution >= 4 is 15.9 Å². The van der Waals surface area contributed by atoms with E-state index in [-0.39, 0.29) is 0 Å². The SMILES string of the molecule is Cc1ccnc(-n2nc(C)c(Br)c2C)n1. The Morgan fingerprint density at radius 3 is 2.53 bits per heavy atom. The molecule has 0 saturated carbocycles. The molecule has 0 aliphatic heterocycles. The van der Waals surface area contributed by atoms with Crippen LogP contribution in [0.4, 0.5) is 0 Å². The highest BCUT2D eigenvalue weighted by Crippen LogP contribution is 2.21. The zero-order valence-electron chi connectivity index (χ0n) is 8.82. The van der Waals surface area contributed by atoms with E-state index >= 15 is 0 Å². The Morgan fingerprint density at radius 2 is 2.00 bits per heavy atom. The molecule has 78 valence electrons. The topological polar surface area (TPSA) is 43.6 Å². The maximum absolute atomic E-state index is 4.37. The molecule has 0 spiro atoms. The van der Waals surface area contributed by atoms with Crippen molar-refractivity contribution in [2.75, 3.05) is 0 Å². The van der Waals surface area contributed by atoms with Gasteiger partial charge in [-0.05, 0) is 42.8 Å². The number of aromatic nitrogens is 4. The van der Waals surface area contributed by atoms with Crippen LogP contribution < -0.4 is 0 Å². The van der Waals surface area contributed by atoms with Crippen molar-refractivity contribution in [3.63, 3.8) is 0 Å². The average molecular weight is 267 g/mol. The molecular formula is C10H11BrN4. The minimum Gasteiger partial charge on any atom is -0.220 e. The Kier molecular flexibility index (Phi) is 2.56. The van der Waals surface area contributed by atoms with Crippen LogP contribution in [0.5, 0.6) is 0 Å². The Hall–Kier alpha value is -1.23. The van der Waals surface area contributed by atoms with Crippen molar-refractivity contribution in [3.05, 3.63) is 33.8 Å². The predicted octanol–water partition coefficient (Wildman–Crippen LogP) is 2.35. The van der Waals surface area contributed by atoms with Crippen molar-refractivity contribution in [1.29, 1.82) is 0 Å². The fraction of sp³-hybridized carbons (Fsp3) is 0.300. The summed E-state index contributed by atoms with van der Waals surface area (Å²) in [6.45, 7) is 5.87. The number of hydrogen-bond acceptors (Lipinski definition) is 3. The van der Waals surface area contributed by atoms with Gasteiger partial charge in [-0.2, -0.15) is 5.10 Å². The van der Waals surface area contributed by atoms with E-state index in [0.717, 1.165) is 21.6 Å². The van der Waals surface area contributed by atoms with Crippen LogP contribution >= 0.6 is 15.9 Å². The van der Waals surface area contributed by atoms with Crippen molar-refractivity contribution in [1.82, 2.24) is 19.7 Å². The minimum atomic E-state index is 0.612. The van der Waals surface area contributed by atoms with Crippen molar-refractivity contribution in [2.45, 2.75) is 20.8 Å². The summed E-state index contributed by atoms with van der Waals surface area (Å²) in [5, 5.41) is 4.37. The zero-order chi connectivity index (χ0) is 11.0. The third kappa shape index (κ3) is 1.79. The molecule has 0 bridgehead atoms. The van der Waals surface area contributed by atoms with E-state index in [1.807, 2.05) is 26.8 Å². The number of rotatable bonds is 1. The van der Waals surface area contributed by atoms with Crippen LogP contribution in [-0.2, 0) is 0 Å². The van der Waals surface area contributed by atoms with Gasteiger partial charge in [-0.15, -0.1) is 0 Å². The molecule has 2 rings (SSSR count).